The second kappa shape index (κ2) is 10.2. The van der Waals surface area contributed by atoms with E-state index >= 15 is 0 Å². The van der Waals surface area contributed by atoms with Gasteiger partial charge in [-0.25, -0.2) is 4.39 Å². The van der Waals surface area contributed by atoms with Gasteiger partial charge in [0.25, 0.3) is 5.91 Å². The van der Waals surface area contributed by atoms with E-state index in [-0.39, 0.29) is 18.0 Å². The van der Waals surface area contributed by atoms with Gasteiger partial charge in [0.2, 0.25) is 0 Å². The van der Waals surface area contributed by atoms with Crippen molar-refractivity contribution in [3.05, 3.63) is 112 Å². The predicted molar refractivity (Wildman–Crippen MR) is 133 cm³/mol. The van der Waals surface area contributed by atoms with Crippen LogP contribution in [0.2, 0.25) is 5.02 Å². The Kier molecular flexibility index (Phi) is 6.91. The Bertz CT molecular complexity index is 1460. The Morgan fingerprint density at radius 1 is 1.06 bits per heavy atom. The molecule has 0 aliphatic rings. The van der Waals surface area contributed by atoms with E-state index in [1.165, 1.54) is 12.1 Å². The van der Waals surface area contributed by atoms with E-state index in [2.05, 4.69) is 5.32 Å². The second-order valence-corrected chi connectivity index (χ2v) is 8.02. The molecule has 0 aliphatic carbocycles. The van der Waals surface area contributed by atoms with E-state index in [1.54, 1.807) is 49.4 Å². The first kappa shape index (κ1) is 23.0. The summed E-state index contributed by atoms with van der Waals surface area (Å²) in [7, 11) is 0. The van der Waals surface area contributed by atoms with Crippen LogP contribution in [-0.4, -0.2) is 5.91 Å². The summed E-state index contributed by atoms with van der Waals surface area (Å²) in [6.45, 7) is 1.79. The third-order valence-electron chi connectivity index (χ3n) is 5.44. The minimum Gasteiger partial charge on any atom is -0.488 e. The summed E-state index contributed by atoms with van der Waals surface area (Å²) in [5, 5.41) is 14.7. The van der Waals surface area contributed by atoms with Crippen molar-refractivity contribution in [2.24, 2.45) is 0 Å². The van der Waals surface area contributed by atoms with E-state index in [4.69, 9.17) is 16.3 Å². The highest BCUT2D eigenvalue weighted by Gasteiger charge is 2.15. The van der Waals surface area contributed by atoms with Crippen molar-refractivity contribution in [2.45, 2.75) is 13.5 Å². The first-order valence-electron chi connectivity index (χ1n) is 10.5. The lowest BCUT2D eigenvalue weighted by Crippen LogP contribution is -2.14. The van der Waals surface area contributed by atoms with Crippen molar-refractivity contribution in [2.75, 3.05) is 5.32 Å². The van der Waals surface area contributed by atoms with Crippen LogP contribution >= 0.6 is 11.6 Å². The number of nitrogens with one attached hydrogen (secondary N) is 1. The molecule has 6 heteroatoms. The molecule has 0 spiro atoms. The van der Waals surface area contributed by atoms with Crippen LogP contribution in [0.4, 0.5) is 10.1 Å². The monoisotopic (exact) mass is 470 g/mol. The molecule has 4 rings (SSSR count). The van der Waals surface area contributed by atoms with E-state index in [9.17, 15) is 14.4 Å². The number of hydrogen-bond donors (Lipinski definition) is 1. The normalized spacial score (nSPS) is 11.2. The molecule has 0 atom stereocenters. The Balaban J connectivity index is 1.72. The first-order valence-corrected chi connectivity index (χ1v) is 10.9. The van der Waals surface area contributed by atoms with Gasteiger partial charge in [0.15, 0.2) is 0 Å². The number of amides is 1. The molecule has 1 amide bonds. The highest BCUT2D eigenvalue weighted by Crippen LogP contribution is 2.31. The Morgan fingerprint density at radius 2 is 1.82 bits per heavy atom. The average molecular weight is 471 g/mol. The molecule has 4 nitrogen and oxygen atoms in total. The van der Waals surface area contributed by atoms with E-state index < -0.39 is 5.91 Å². The SMILES string of the molecule is Cc1c(Cl)cccc1NC(=O)/C(C#N)=C/c1c(OCc2ccccc2F)ccc2ccccc12. The van der Waals surface area contributed by atoms with E-state index in [0.29, 0.717) is 33.1 Å². The molecule has 0 heterocycles. The van der Waals surface area contributed by atoms with Gasteiger partial charge in [0.1, 0.15) is 29.8 Å². The molecule has 0 fully saturated rings. The molecular weight excluding hydrogens is 451 g/mol. The molecule has 0 saturated heterocycles. The number of benzene rings is 4. The van der Waals surface area contributed by atoms with E-state index in [1.807, 2.05) is 36.4 Å². The van der Waals surface area contributed by atoms with Crippen LogP contribution in [0.15, 0.2) is 84.4 Å². The van der Waals surface area contributed by atoms with Crippen molar-refractivity contribution in [1.82, 2.24) is 0 Å². The van der Waals surface area contributed by atoms with Gasteiger partial charge in [-0.05, 0) is 53.6 Å². The molecule has 0 radical (unpaired) electrons. The zero-order valence-corrected chi connectivity index (χ0v) is 19.1. The summed E-state index contributed by atoms with van der Waals surface area (Å²) in [5.74, 6) is -0.503. The third kappa shape index (κ3) is 4.93. The zero-order valence-electron chi connectivity index (χ0n) is 18.3. The molecule has 0 aliphatic heterocycles. The van der Waals surface area contributed by atoms with Gasteiger partial charge >= 0.3 is 0 Å². The fourth-order valence-corrected chi connectivity index (χ4v) is 3.72. The summed E-state index contributed by atoms with van der Waals surface area (Å²) in [6.07, 6.45) is 1.49. The molecule has 168 valence electrons. The van der Waals surface area contributed by atoms with Gasteiger partial charge < -0.3 is 10.1 Å². The van der Waals surface area contributed by atoms with Gasteiger partial charge in [0, 0.05) is 21.8 Å². The maximum absolute atomic E-state index is 14.1. The number of fused-ring (bicyclic) bond motifs is 1. The first-order chi connectivity index (χ1) is 16.5. The molecule has 0 unspecified atom stereocenters. The van der Waals surface area contributed by atoms with Crippen LogP contribution in [0.5, 0.6) is 5.75 Å². The van der Waals surface area contributed by atoms with Crippen molar-refractivity contribution in [1.29, 1.82) is 5.26 Å². The molecule has 4 aromatic rings. The van der Waals surface area contributed by atoms with Gasteiger partial charge in [-0.2, -0.15) is 5.26 Å². The van der Waals surface area contributed by atoms with Crippen LogP contribution in [0.3, 0.4) is 0 Å². The van der Waals surface area contributed by atoms with Gasteiger partial charge in [-0.1, -0.05) is 66.2 Å². The summed E-state index contributed by atoms with van der Waals surface area (Å²) in [6, 6.07) is 24.7. The number of rotatable bonds is 6. The Morgan fingerprint density at radius 3 is 2.62 bits per heavy atom. The fraction of sp³-hybridized carbons (Fsp3) is 0.0714. The molecule has 0 bridgehead atoms. The summed E-state index contributed by atoms with van der Waals surface area (Å²) in [5.41, 5.74) is 2.08. The minimum absolute atomic E-state index is 0.00163. The number of anilines is 1. The number of carbonyl (C=O) groups excluding carboxylic acids is 1. The summed E-state index contributed by atoms with van der Waals surface area (Å²) in [4.78, 5) is 12.9. The lowest BCUT2D eigenvalue weighted by Gasteiger charge is -2.13. The third-order valence-corrected chi connectivity index (χ3v) is 5.85. The lowest BCUT2D eigenvalue weighted by atomic mass is 10.0. The second-order valence-electron chi connectivity index (χ2n) is 7.61. The maximum atomic E-state index is 14.1. The molecular formula is C28H20ClFN2O2. The smallest absolute Gasteiger partial charge is 0.266 e. The fourth-order valence-electron chi connectivity index (χ4n) is 3.55. The maximum Gasteiger partial charge on any atom is 0.266 e. The van der Waals surface area contributed by atoms with Crippen molar-refractivity contribution < 1.29 is 13.9 Å². The van der Waals surface area contributed by atoms with Crippen LogP contribution in [0.25, 0.3) is 16.8 Å². The van der Waals surface area contributed by atoms with Gasteiger partial charge in [0.05, 0.1) is 0 Å². The zero-order chi connectivity index (χ0) is 24.1. The number of nitriles is 1. The number of hydrogen-bond acceptors (Lipinski definition) is 3. The quantitative estimate of drug-likeness (QED) is 0.242. The Labute approximate surface area is 201 Å². The van der Waals surface area contributed by atoms with Gasteiger partial charge in [-0.15, -0.1) is 0 Å². The number of halogens is 2. The van der Waals surface area contributed by atoms with Crippen molar-refractivity contribution in [3.8, 4) is 11.8 Å². The predicted octanol–water partition coefficient (Wildman–Crippen LogP) is 7.07. The highest BCUT2D eigenvalue weighted by molar-refractivity contribution is 6.31. The number of ether oxygens (including phenoxy) is 1. The minimum atomic E-state index is -0.569. The summed E-state index contributed by atoms with van der Waals surface area (Å²) < 4.78 is 20.0. The Hall–Kier alpha value is -4.14. The number of nitrogens with zero attached hydrogens (tertiary/aromatic N) is 1. The molecule has 0 aromatic heterocycles. The van der Waals surface area contributed by atoms with Crippen LogP contribution in [-0.2, 0) is 11.4 Å². The molecule has 1 N–H and O–H groups in total. The van der Waals surface area contributed by atoms with Crippen molar-refractivity contribution >= 4 is 40.0 Å². The lowest BCUT2D eigenvalue weighted by molar-refractivity contribution is -0.112. The molecule has 0 saturated carbocycles. The summed E-state index contributed by atoms with van der Waals surface area (Å²) >= 11 is 6.15. The van der Waals surface area contributed by atoms with E-state index in [0.717, 1.165) is 10.8 Å². The van der Waals surface area contributed by atoms with Crippen LogP contribution in [0.1, 0.15) is 16.7 Å². The highest BCUT2D eigenvalue weighted by atomic mass is 35.5. The standard InChI is InChI=1S/C28H20ClFN2O2/c1-18-24(29)10-6-12-26(18)32-28(33)21(16-31)15-23-22-9-4-2-7-19(22)13-14-27(23)34-17-20-8-3-5-11-25(20)30/h2-15H,17H2,1H3,(H,32,33)/b21-15+. The molecule has 4 aromatic carbocycles. The number of carbonyl (C=O) groups is 1. The topological polar surface area (TPSA) is 62.1 Å². The van der Waals surface area contributed by atoms with Crippen molar-refractivity contribution in [3.63, 3.8) is 0 Å². The molecule has 34 heavy (non-hydrogen) atoms. The average Bonchev–Trinajstić information content (AvgIpc) is 2.85. The largest absolute Gasteiger partial charge is 0.488 e. The van der Waals surface area contributed by atoms with Crippen LogP contribution < -0.4 is 10.1 Å². The van der Waals surface area contributed by atoms with Gasteiger partial charge in [-0.3, -0.25) is 4.79 Å². The van der Waals surface area contributed by atoms with Crippen LogP contribution in [0, 0.1) is 24.1 Å².